The zero-order valence-corrected chi connectivity index (χ0v) is 17.5. The number of imidazole rings is 1. The number of rotatable bonds is 6. The van der Waals surface area contributed by atoms with E-state index in [-0.39, 0.29) is 12.5 Å². The van der Waals surface area contributed by atoms with Gasteiger partial charge in [-0.1, -0.05) is 48.5 Å². The van der Waals surface area contributed by atoms with Gasteiger partial charge in [-0.25, -0.2) is 4.98 Å². The van der Waals surface area contributed by atoms with Crippen LogP contribution in [0.15, 0.2) is 84.9 Å². The molecule has 5 rings (SSSR count). The lowest BCUT2D eigenvalue weighted by molar-refractivity contribution is -0.118. The van der Waals surface area contributed by atoms with Gasteiger partial charge < -0.3 is 19.8 Å². The molecule has 0 radical (unpaired) electrons. The Morgan fingerprint density at radius 2 is 1.75 bits per heavy atom. The van der Waals surface area contributed by atoms with Gasteiger partial charge in [0.15, 0.2) is 18.1 Å². The van der Waals surface area contributed by atoms with E-state index in [9.17, 15) is 4.79 Å². The third-order valence-electron chi connectivity index (χ3n) is 5.25. The van der Waals surface area contributed by atoms with Gasteiger partial charge in [-0.3, -0.25) is 4.79 Å². The summed E-state index contributed by atoms with van der Waals surface area (Å²) in [6.07, 6.45) is 0. The Balaban J connectivity index is 1.31. The number of fused-ring (bicyclic) bond motifs is 2. The van der Waals surface area contributed by atoms with E-state index in [1.54, 1.807) is 13.2 Å². The van der Waals surface area contributed by atoms with Crippen molar-refractivity contribution in [3.63, 3.8) is 0 Å². The highest BCUT2D eigenvalue weighted by atomic mass is 16.5. The molecule has 5 aromatic rings. The summed E-state index contributed by atoms with van der Waals surface area (Å²) >= 11 is 0. The minimum atomic E-state index is -0.246. The van der Waals surface area contributed by atoms with Crippen molar-refractivity contribution in [1.82, 2.24) is 9.97 Å². The summed E-state index contributed by atoms with van der Waals surface area (Å²) in [6.45, 7) is -0.135. The van der Waals surface area contributed by atoms with E-state index < -0.39 is 0 Å². The third-order valence-corrected chi connectivity index (χ3v) is 5.25. The first-order valence-electron chi connectivity index (χ1n) is 10.2. The van der Waals surface area contributed by atoms with Gasteiger partial charge in [0.05, 0.1) is 18.1 Å². The lowest BCUT2D eigenvalue weighted by Crippen LogP contribution is -2.20. The van der Waals surface area contributed by atoms with Crippen LogP contribution >= 0.6 is 0 Å². The molecule has 1 heterocycles. The normalized spacial score (nSPS) is 10.9. The molecule has 0 unspecified atom stereocenters. The summed E-state index contributed by atoms with van der Waals surface area (Å²) in [4.78, 5) is 20.4. The summed E-state index contributed by atoms with van der Waals surface area (Å²) in [5.74, 6) is 1.51. The van der Waals surface area contributed by atoms with Crippen molar-refractivity contribution in [3.05, 3.63) is 84.9 Å². The molecule has 0 spiro atoms. The average Bonchev–Trinajstić information content (AvgIpc) is 3.27. The maximum Gasteiger partial charge on any atom is 0.262 e. The molecule has 2 N–H and O–H groups in total. The van der Waals surface area contributed by atoms with Crippen molar-refractivity contribution in [3.8, 4) is 22.9 Å². The van der Waals surface area contributed by atoms with Crippen LogP contribution in [-0.2, 0) is 4.79 Å². The molecule has 0 atom stereocenters. The Morgan fingerprint density at radius 1 is 0.938 bits per heavy atom. The molecule has 0 bridgehead atoms. The number of aromatic nitrogens is 2. The van der Waals surface area contributed by atoms with Crippen molar-refractivity contribution in [1.29, 1.82) is 0 Å². The van der Waals surface area contributed by atoms with Crippen molar-refractivity contribution < 1.29 is 14.3 Å². The number of methoxy groups -OCH3 is 1. The predicted molar refractivity (Wildman–Crippen MR) is 126 cm³/mol. The van der Waals surface area contributed by atoms with Gasteiger partial charge in [0.2, 0.25) is 0 Å². The standard InChI is InChI=1S/C26H21N3O3/c1-31-24-15-18(26-28-21-10-4-5-11-22(21)29-26)13-14-23(24)32-16-25(30)27-20-12-6-8-17-7-2-3-9-19(17)20/h2-15H,16H2,1H3,(H,27,30)(H,28,29). The van der Waals surface area contributed by atoms with E-state index in [0.29, 0.717) is 11.5 Å². The second kappa shape index (κ2) is 8.43. The Labute approximate surface area is 184 Å². The molecule has 0 aliphatic carbocycles. The fourth-order valence-corrected chi connectivity index (χ4v) is 3.69. The molecule has 4 aromatic carbocycles. The van der Waals surface area contributed by atoms with Crippen LogP contribution in [0.2, 0.25) is 0 Å². The van der Waals surface area contributed by atoms with E-state index in [2.05, 4.69) is 15.3 Å². The number of anilines is 1. The molecule has 0 aliphatic heterocycles. The largest absolute Gasteiger partial charge is 0.493 e. The monoisotopic (exact) mass is 423 g/mol. The van der Waals surface area contributed by atoms with E-state index in [0.717, 1.165) is 38.9 Å². The van der Waals surface area contributed by atoms with E-state index in [4.69, 9.17) is 9.47 Å². The van der Waals surface area contributed by atoms with Crippen LogP contribution in [0.4, 0.5) is 5.69 Å². The first kappa shape index (κ1) is 19.6. The lowest BCUT2D eigenvalue weighted by Gasteiger charge is -2.12. The molecule has 0 saturated carbocycles. The topological polar surface area (TPSA) is 76.2 Å². The number of nitrogens with one attached hydrogen (secondary N) is 2. The van der Waals surface area contributed by atoms with Crippen LogP contribution in [0.3, 0.4) is 0 Å². The highest BCUT2D eigenvalue weighted by Gasteiger charge is 2.12. The molecule has 1 aromatic heterocycles. The van der Waals surface area contributed by atoms with Gasteiger partial charge >= 0.3 is 0 Å². The molecular weight excluding hydrogens is 402 g/mol. The molecule has 158 valence electrons. The zero-order chi connectivity index (χ0) is 21.9. The minimum Gasteiger partial charge on any atom is -0.493 e. The number of benzene rings is 4. The van der Waals surface area contributed by atoms with Gasteiger partial charge in [0.1, 0.15) is 5.82 Å². The number of amides is 1. The van der Waals surface area contributed by atoms with Crippen molar-refractivity contribution in [2.45, 2.75) is 0 Å². The summed E-state index contributed by atoms with van der Waals surface area (Å²) in [5.41, 5.74) is 3.48. The molecule has 6 heteroatoms. The fourth-order valence-electron chi connectivity index (χ4n) is 3.69. The van der Waals surface area contributed by atoms with Gasteiger partial charge in [-0.05, 0) is 41.8 Å². The number of aromatic amines is 1. The van der Waals surface area contributed by atoms with Gasteiger partial charge in [0, 0.05) is 16.6 Å². The van der Waals surface area contributed by atoms with E-state index in [1.807, 2.05) is 78.9 Å². The third kappa shape index (κ3) is 3.86. The van der Waals surface area contributed by atoms with Crippen molar-refractivity contribution in [2.24, 2.45) is 0 Å². The maximum absolute atomic E-state index is 12.5. The number of carbonyl (C=O) groups excluding carboxylic acids is 1. The fraction of sp³-hybridized carbons (Fsp3) is 0.0769. The molecule has 0 fully saturated rings. The van der Waals surface area contributed by atoms with Gasteiger partial charge in [-0.2, -0.15) is 0 Å². The number of hydrogen-bond donors (Lipinski definition) is 2. The summed E-state index contributed by atoms with van der Waals surface area (Å²) in [5, 5.41) is 4.97. The molecule has 1 amide bonds. The van der Waals surface area contributed by atoms with Crippen molar-refractivity contribution >= 4 is 33.4 Å². The average molecular weight is 423 g/mol. The Kier molecular flexibility index (Phi) is 5.17. The van der Waals surface area contributed by atoms with Crippen LogP contribution in [0.25, 0.3) is 33.2 Å². The Morgan fingerprint density at radius 3 is 2.62 bits per heavy atom. The highest BCUT2D eigenvalue weighted by Crippen LogP contribution is 2.32. The Hall–Kier alpha value is -4.32. The lowest BCUT2D eigenvalue weighted by atomic mass is 10.1. The van der Waals surface area contributed by atoms with Crippen LogP contribution in [0, 0.1) is 0 Å². The predicted octanol–water partition coefficient (Wildman–Crippen LogP) is 5.41. The minimum absolute atomic E-state index is 0.135. The number of hydrogen-bond acceptors (Lipinski definition) is 4. The summed E-state index contributed by atoms with van der Waals surface area (Å²) in [7, 11) is 1.57. The van der Waals surface area contributed by atoms with E-state index in [1.165, 1.54) is 0 Å². The van der Waals surface area contributed by atoms with Crippen LogP contribution in [-0.4, -0.2) is 29.6 Å². The van der Waals surface area contributed by atoms with Gasteiger partial charge in [-0.15, -0.1) is 0 Å². The number of ether oxygens (including phenoxy) is 2. The maximum atomic E-state index is 12.5. The quantitative estimate of drug-likeness (QED) is 0.383. The van der Waals surface area contributed by atoms with Gasteiger partial charge in [0.25, 0.3) is 5.91 Å². The number of H-pyrrole nitrogens is 1. The van der Waals surface area contributed by atoms with Crippen LogP contribution < -0.4 is 14.8 Å². The number of para-hydroxylation sites is 2. The van der Waals surface area contributed by atoms with Crippen molar-refractivity contribution in [2.75, 3.05) is 19.0 Å². The molecule has 0 saturated heterocycles. The summed E-state index contributed by atoms with van der Waals surface area (Å²) < 4.78 is 11.2. The molecular formula is C26H21N3O3. The van der Waals surface area contributed by atoms with Crippen LogP contribution in [0.5, 0.6) is 11.5 Å². The summed E-state index contributed by atoms with van der Waals surface area (Å²) in [6, 6.07) is 27.1. The first-order valence-corrected chi connectivity index (χ1v) is 10.2. The molecule has 32 heavy (non-hydrogen) atoms. The van der Waals surface area contributed by atoms with Crippen LogP contribution in [0.1, 0.15) is 0 Å². The number of nitrogens with zero attached hydrogens (tertiary/aromatic N) is 1. The second-order valence-corrected chi connectivity index (χ2v) is 7.33. The smallest absolute Gasteiger partial charge is 0.262 e. The molecule has 6 nitrogen and oxygen atoms in total. The van der Waals surface area contributed by atoms with E-state index >= 15 is 0 Å². The second-order valence-electron chi connectivity index (χ2n) is 7.33. The Bertz CT molecular complexity index is 1390. The zero-order valence-electron chi connectivity index (χ0n) is 17.5. The highest BCUT2D eigenvalue weighted by molar-refractivity contribution is 6.02. The molecule has 0 aliphatic rings. The first-order chi connectivity index (χ1) is 15.7. The SMILES string of the molecule is COc1cc(-c2nc3ccccc3[nH]2)ccc1OCC(=O)Nc1cccc2ccccc12. The number of carbonyl (C=O) groups is 1.